The third-order valence-electron chi connectivity index (χ3n) is 4.37. The second kappa shape index (κ2) is 10.5. The third-order valence-corrected chi connectivity index (χ3v) is 4.65. The molecule has 2 aromatic carbocycles. The average molecular weight is 423 g/mol. The molecule has 0 saturated heterocycles. The summed E-state index contributed by atoms with van der Waals surface area (Å²) in [6, 6.07) is 9.33. The van der Waals surface area contributed by atoms with E-state index in [2.05, 4.69) is 5.32 Å². The summed E-state index contributed by atoms with van der Waals surface area (Å²) in [4.78, 5) is 14.6. The van der Waals surface area contributed by atoms with E-state index in [1.54, 1.807) is 18.2 Å². The SMILES string of the molecule is COc1cc(C(=O)NCC(c2cccc(F)c2)N(C)C)cc(Cl)c1OCC(C)C. The molecule has 1 unspecified atom stereocenters. The van der Waals surface area contributed by atoms with Gasteiger partial charge < -0.3 is 19.7 Å². The fraction of sp³-hybridized carbons (Fsp3) is 0.409. The van der Waals surface area contributed by atoms with E-state index in [9.17, 15) is 9.18 Å². The molecule has 0 aliphatic carbocycles. The molecule has 0 radical (unpaired) electrons. The van der Waals surface area contributed by atoms with Gasteiger partial charge in [0.25, 0.3) is 5.91 Å². The Morgan fingerprint density at radius 2 is 1.97 bits per heavy atom. The molecular weight excluding hydrogens is 395 g/mol. The predicted molar refractivity (Wildman–Crippen MR) is 113 cm³/mol. The maximum Gasteiger partial charge on any atom is 0.251 e. The molecule has 2 aromatic rings. The summed E-state index contributed by atoms with van der Waals surface area (Å²) in [6.45, 7) is 4.85. The molecule has 1 N–H and O–H groups in total. The van der Waals surface area contributed by atoms with E-state index in [0.29, 0.717) is 41.2 Å². The highest BCUT2D eigenvalue weighted by Crippen LogP contribution is 2.36. The summed E-state index contributed by atoms with van der Waals surface area (Å²) in [7, 11) is 5.26. The molecule has 2 rings (SSSR count). The highest BCUT2D eigenvalue weighted by molar-refractivity contribution is 6.32. The molecule has 0 aliphatic heterocycles. The first-order valence-corrected chi connectivity index (χ1v) is 9.81. The minimum absolute atomic E-state index is 0.180. The number of nitrogens with zero attached hydrogens (tertiary/aromatic N) is 1. The molecule has 0 spiro atoms. The van der Waals surface area contributed by atoms with Crippen LogP contribution >= 0.6 is 11.6 Å². The van der Waals surface area contributed by atoms with Crippen molar-refractivity contribution in [3.63, 3.8) is 0 Å². The summed E-state index contributed by atoms with van der Waals surface area (Å²) in [5.74, 6) is 0.533. The van der Waals surface area contributed by atoms with Crippen LogP contribution in [0, 0.1) is 11.7 Å². The summed E-state index contributed by atoms with van der Waals surface area (Å²) < 4.78 is 24.7. The lowest BCUT2D eigenvalue weighted by atomic mass is 10.1. The van der Waals surface area contributed by atoms with Gasteiger partial charge in [0, 0.05) is 12.1 Å². The molecular formula is C22H28ClFN2O3. The third kappa shape index (κ3) is 6.34. The van der Waals surface area contributed by atoms with Crippen molar-refractivity contribution in [3.05, 3.63) is 58.4 Å². The Morgan fingerprint density at radius 3 is 2.55 bits per heavy atom. The highest BCUT2D eigenvalue weighted by atomic mass is 35.5. The van der Waals surface area contributed by atoms with Crippen molar-refractivity contribution in [3.8, 4) is 11.5 Å². The molecule has 5 nitrogen and oxygen atoms in total. The van der Waals surface area contributed by atoms with Crippen LogP contribution in [0.5, 0.6) is 11.5 Å². The van der Waals surface area contributed by atoms with Crippen LogP contribution in [0.25, 0.3) is 0 Å². The van der Waals surface area contributed by atoms with Gasteiger partial charge in [-0.05, 0) is 49.8 Å². The van der Waals surface area contributed by atoms with Crippen LogP contribution in [0.3, 0.4) is 0 Å². The van der Waals surface area contributed by atoms with Crippen molar-refractivity contribution in [2.24, 2.45) is 5.92 Å². The zero-order chi connectivity index (χ0) is 21.6. The molecule has 1 amide bonds. The highest BCUT2D eigenvalue weighted by Gasteiger charge is 2.19. The van der Waals surface area contributed by atoms with Gasteiger partial charge in [-0.1, -0.05) is 37.6 Å². The van der Waals surface area contributed by atoms with Crippen LogP contribution in [0.1, 0.15) is 35.8 Å². The Kier molecular flexibility index (Phi) is 8.29. The average Bonchev–Trinajstić information content (AvgIpc) is 2.66. The number of likely N-dealkylation sites (N-methyl/N-ethyl adjacent to an activating group) is 1. The quantitative estimate of drug-likeness (QED) is 0.643. The Hall–Kier alpha value is -2.31. The van der Waals surface area contributed by atoms with E-state index < -0.39 is 0 Å². The van der Waals surface area contributed by atoms with E-state index in [4.69, 9.17) is 21.1 Å². The Balaban J connectivity index is 2.16. The molecule has 0 aromatic heterocycles. The van der Waals surface area contributed by atoms with Gasteiger partial charge in [0.15, 0.2) is 11.5 Å². The van der Waals surface area contributed by atoms with Gasteiger partial charge in [-0.3, -0.25) is 4.79 Å². The molecule has 0 saturated carbocycles. The lowest BCUT2D eigenvalue weighted by molar-refractivity contribution is 0.0941. The van der Waals surface area contributed by atoms with Crippen molar-refractivity contribution in [2.45, 2.75) is 19.9 Å². The first-order valence-electron chi connectivity index (χ1n) is 9.43. The number of amides is 1. The molecule has 0 bridgehead atoms. The number of methoxy groups -OCH3 is 1. The monoisotopic (exact) mass is 422 g/mol. The van der Waals surface area contributed by atoms with E-state index in [1.165, 1.54) is 19.2 Å². The van der Waals surface area contributed by atoms with Crippen LogP contribution in [0.15, 0.2) is 36.4 Å². The number of carbonyl (C=O) groups excluding carboxylic acids is 1. The predicted octanol–water partition coefficient (Wildman–Crippen LogP) is 4.56. The molecule has 158 valence electrons. The molecule has 1 atom stereocenters. The second-order valence-electron chi connectivity index (χ2n) is 7.44. The zero-order valence-electron chi connectivity index (χ0n) is 17.5. The fourth-order valence-corrected chi connectivity index (χ4v) is 3.11. The number of hydrogen-bond acceptors (Lipinski definition) is 4. The van der Waals surface area contributed by atoms with E-state index >= 15 is 0 Å². The van der Waals surface area contributed by atoms with Gasteiger partial charge in [-0.2, -0.15) is 0 Å². The first kappa shape index (κ1) is 23.0. The largest absolute Gasteiger partial charge is 0.493 e. The zero-order valence-corrected chi connectivity index (χ0v) is 18.2. The first-order chi connectivity index (χ1) is 13.7. The van der Waals surface area contributed by atoms with E-state index in [-0.39, 0.29) is 17.8 Å². The minimum Gasteiger partial charge on any atom is -0.493 e. The molecule has 0 aliphatic rings. The van der Waals surface area contributed by atoms with Gasteiger partial charge >= 0.3 is 0 Å². The van der Waals surface area contributed by atoms with E-state index in [0.717, 1.165) is 5.56 Å². The maximum atomic E-state index is 13.6. The normalized spacial score (nSPS) is 12.2. The summed E-state index contributed by atoms with van der Waals surface area (Å²) >= 11 is 6.33. The lowest BCUT2D eigenvalue weighted by Gasteiger charge is -2.25. The Bertz CT molecular complexity index is 843. The van der Waals surface area contributed by atoms with E-state index in [1.807, 2.05) is 38.9 Å². The van der Waals surface area contributed by atoms with Crippen molar-refractivity contribution >= 4 is 17.5 Å². The smallest absolute Gasteiger partial charge is 0.251 e. The number of nitrogens with one attached hydrogen (secondary N) is 1. The van der Waals surface area contributed by atoms with Crippen LogP contribution < -0.4 is 14.8 Å². The van der Waals surface area contributed by atoms with Gasteiger partial charge in [0.2, 0.25) is 0 Å². The van der Waals surface area contributed by atoms with Gasteiger partial charge in [-0.15, -0.1) is 0 Å². The summed E-state index contributed by atoms with van der Waals surface area (Å²) in [5, 5.41) is 3.20. The number of benzene rings is 2. The number of carbonyl (C=O) groups is 1. The van der Waals surface area contributed by atoms with Crippen LogP contribution in [0.2, 0.25) is 5.02 Å². The molecule has 7 heteroatoms. The number of hydrogen-bond donors (Lipinski definition) is 1. The molecule has 29 heavy (non-hydrogen) atoms. The van der Waals surface area contributed by atoms with Crippen LogP contribution in [0.4, 0.5) is 4.39 Å². The fourth-order valence-electron chi connectivity index (χ4n) is 2.84. The topological polar surface area (TPSA) is 50.8 Å². The standard InChI is InChI=1S/C22H28ClFN2O3/c1-14(2)13-29-21-18(23)10-16(11-20(21)28-5)22(27)25-12-19(26(3)4)15-7-6-8-17(24)9-15/h6-11,14,19H,12-13H2,1-5H3,(H,25,27). The number of halogens is 2. The van der Waals surface area contributed by atoms with Gasteiger partial charge in [0.05, 0.1) is 24.8 Å². The van der Waals surface area contributed by atoms with Gasteiger partial charge in [0.1, 0.15) is 5.82 Å². The second-order valence-corrected chi connectivity index (χ2v) is 7.85. The van der Waals surface area contributed by atoms with Crippen LogP contribution in [-0.4, -0.2) is 45.2 Å². The number of ether oxygens (including phenoxy) is 2. The van der Waals surface area contributed by atoms with Crippen molar-refractivity contribution in [2.75, 3.05) is 34.4 Å². The summed E-state index contributed by atoms with van der Waals surface area (Å²) in [5.41, 5.74) is 1.14. The minimum atomic E-state index is -0.311. The van der Waals surface area contributed by atoms with Crippen molar-refractivity contribution < 1.29 is 18.7 Å². The van der Waals surface area contributed by atoms with Crippen molar-refractivity contribution in [1.82, 2.24) is 10.2 Å². The Labute approximate surface area is 176 Å². The van der Waals surface area contributed by atoms with Crippen LogP contribution in [-0.2, 0) is 0 Å². The van der Waals surface area contributed by atoms with Gasteiger partial charge in [-0.25, -0.2) is 4.39 Å². The molecule has 0 fully saturated rings. The number of rotatable bonds is 9. The van der Waals surface area contributed by atoms with Crippen molar-refractivity contribution in [1.29, 1.82) is 0 Å². The Morgan fingerprint density at radius 1 is 1.24 bits per heavy atom. The maximum absolute atomic E-state index is 13.6. The molecule has 0 heterocycles. The lowest BCUT2D eigenvalue weighted by Crippen LogP contribution is -2.34. The summed E-state index contributed by atoms with van der Waals surface area (Å²) in [6.07, 6.45) is 0.